The van der Waals surface area contributed by atoms with Crippen molar-refractivity contribution in [2.45, 2.75) is 6.54 Å². The van der Waals surface area contributed by atoms with Gasteiger partial charge < -0.3 is 24.7 Å². The lowest BCUT2D eigenvalue weighted by Crippen LogP contribution is -2.38. The number of nitrogens with two attached hydrogens (primary N) is 1. The van der Waals surface area contributed by atoms with Crippen molar-refractivity contribution in [1.82, 2.24) is 4.90 Å². The van der Waals surface area contributed by atoms with Crippen molar-refractivity contribution in [1.29, 1.82) is 0 Å². The van der Waals surface area contributed by atoms with E-state index < -0.39 is 0 Å². The average Bonchev–Trinajstić information content (AvgIpc) is 2.94. The molecule has 0 aromatic heterocycles. The first-order chi connectivity index (χ1) is 9.86. The van der Waals surface area contributed by atoms with Gasteiger partial charge in [0.05, 0.1) is 13.2 Å². The van der Waals surface area contributed by atoms with Crippen LogP contribution in [-0.2, 0) is 11.3 Å². The van der Waals surface area contributed by atoms with E-state index in [1.807, 2.05) is 12.1 Å². The topological polar surface area (TPSA) is 66.2 Å². The van der Waals surface area contributed by atoms with Crippen LogP contribution in [0.15, 0.2) is 12.1 Å². The molecule has 2 N–H and O–H groups in total. The summed E-state index contributed by atoms with van der Waals surface area (Å²) in [5.74, 6) is 2.25. The Morgan fingerprint density at radius 3 is 2.65 bits per heavy atom. The lowest BCUT2D eigenvalue weighted by atomic mass is 10.2. The Bertz CT molecular complexity index is 461. The fraction of sp³-hybridized carbons (Fsp3) is 0.571. The van der Waals surface area contributed by atoms with E-state index >= 15 is 0 Å². The lowest BCUT2D eigenvalue weighted by molar-refractivity contribution is 0.0322. The van der Waals surface area contributed by atoms with Crippen LogP contribution >= 0.6 is 0 Å². The maximum atomic E-state index is 5.86. The van der Waals surface area contributed by atoms with Crippen LogP contribution < -0.4 is 19.9 Å². The Labute approximate surface area is 118 Å². The van der Waals surface area contributed by atoms with Crippen molar-refractivity contribution < 1.29 is 18.9 Å². The van der Waals surface area contributed by atoms with E-state index in [2.05, 4.69) is 4.90 Å². The molecule has 2 aliphatic heterocycles. The number of hydrogen-bond donors (Lipinski definition) is 1. The quantitative estimate of drug-likeness (QED) is 0.851. The van der Waals surface area contributed by atoms with Crippen molar-refractivity contribution in [2.24, 2.45) is 5.73 Å². The van der Waals surface area contributed by atoms with Gasteiger partial charge in [0.2, 0.25) is 6.79 Å². The molecule has 3 rings (SSSR count). The summed E-state index contributed by atoms with van der Waals surface area (Å²) < 4.78 is 21.9. The van der Waals surface area contributed by atoms with Crippen molar-refractivity contribution in [3.63, 3.8) is 0 Å². The van der Waals surface area contributed by atoms with Gasteiger partial charge in [0.1, 0.15) is 12.4 Å². The highest BCUT2D eigenvalue weighted by molar-refractivity contribution is 5.51. The van der Waals surface area contributed by atoms with Gasteiger partial charge >= 0.3 is 0 Å². The molecular weight excluding hydrogens is 260 g/mol. The molecule has 110 valence electrons. The molecule has 0 radical (unpaired) electrons. The number of nitrogens with zero attached hydrogens (tertiary/aromatic N) is 1. The molecule has 1 aromatic carbocycles. The zero-order valence-electron chi connectivity index (χ0n) is 11.5. The summed E-state index contributed by atoms with van der Waals surface area (Å²) in [6.07, 6.45) is 0. The van der Waals surface area contributed by atoms with Crippen LogP contribution in [0.5, 0.6) is 17.2 Å². The second kappa shape index (κ2) is 6.30. The van der Waals surface area contributed by atoms with Gasteiger partial charge in [-0.15, -0.1) is 0 Å². The first-order valence-electron chi connectivity index (χ1n) is 6.92. The number of rotatable bonds is 5. The zero-order chi connectivity index (χ0) is 13.8. The Morgan fingerprint density at radius 2 is 1.90 bits per heavy atom. The fourth-order valence-corrected chi connectivity index (χ4v) is 2.37. The molecule has 1 fully saturated rings. The molecule has 1 saturated heterocycles. The van der Waals surface area contributed by atoms with E-state index in [0.29, 0.717) is 13.2 Å². The predicted molar refractivity (Wildman–Crippen MR) is 73.2 cm³/mol. The van der Waals surface area contributed by atoms with Crippen LogP contribution in [0.25, 0.3) is 0 Å². The van der Waals surface area contributed by atoms with Gasteiger partial charge in [-0.3, -0.25) is 4.90 Å². The molecule has 20 heavy (non-hydrogen) atoms. The molecule has 0 atom stereocenters. The number of benzene rings is 1. The number of ether oxygens (including phenoxy) is 4. The first kappa shape index (κ1) is 13.5. The van der Waals surface area contributed by atoms with Gasteiger partial charge in [-0.05, 0) is 6.07 Å². The Morgan fingerprint density at radius 1 is 1.15 bits per heavy atom. The summed E-state index contributed by atoms with van der Waals surface area (Å²) in [5.41, 5.74) is 6.70. The lowest BCUT2D eigenvalue weighted by Gasteiger charge is -2.26. The van der Waals surface area contributed by atoms with Crippen LogP contribution in [0.4, 0.5) is 0 Å². The summed E-state index contributed by atoms with van der Waals surface area (Å²) in [6, 6.07) is 3.76. The molecule has 0 saturated carbocycles. The number of fused-ring (bicyclic) bond motifs is 1. The third-order valence-corrected chi connectivity index (χ3v) is 3.54. The molecule has 0 aliphatic carbocycles. The molecule has 0 bridgehead atoms. The fourth-order valence-electron chi connectivity index (χ4n) is 2.37. The van der Waals surface area contributed by atoms with Gasteiger partial charge in [0.15, 0.2) is 11.5 Å². The van der Waals surface area contributed by atoms with Gasteiger partial charge in [-0.25, -0.2) is 0 Å². The summed E-state index contributed by atoms with van der Waals surface area (Å²) >= 11 is 0. The van der Waals surface area contributed by atoms with Crippen molar-refractivity contribution in [3.8, 4) is 17.2 Å². The van der Waals surface area contributed by atoms with E-state index in [1.165, 1.54) is 0 Å². The van der Waals surface area contributed by atoms with E-state index in [-0.39, 0.29) is 6.79 Å². The first-order valence-corrected chi connectivity index (χ1v) is 6.92. The zero-order valence-corrected chi connectivity index (χ0v) is 11.5. The molecule has 1 aromatic rings. The molecule has 0 spiro atoms. The smallest absolute Gasteiger partial charge is 0.231 e. The number of hydrogen-bond acceptors (Lipinski definition) is 6. The van der Waals surface area contributed by atoms with Crippen LogP contribution in [0.3, 0.4) is 0 Å². The normalized spacial score (nSPS) is 18.2. The summed E-state index contributed by atoms with van der Waals surface area (Å²) in [6.45, 7) is 5.74. The third kappa shape index (κ3) is 2.98. The Balaban J connectivity index is 1.58. The van der Waals surface area contributed by atoms with Crippen molar-refractivity contribution >= 4 is 0 Å². The maximum absolute atomic E-state index is 5.86. The molecule has 6 heteroatoms. The molecular formula is C14H20N2O4. The van der Waals surface area contributed by atoms with E-state index in [9.17, 15) is 0 Å². The van der Waals surface area contributed by atoms with Crippen LogP contribution in [0, 0.1) is 0 Å². The van der Waals surface area contributed by atoms with Crippen LogP contribution in [-0.4, -0.2) is 51.1 Å². The van der Waals surface area contributed by atoms with E-state index in [1.54, 1.807) is 0 Å². The molecule has 6 nitrogen and oxygen atoms in total. The number of morpholine rings is 1. The predicted octanol–water partition coefficient (Wildman–Crippen LogP) is 0.585. The summed E-state index contributed by atoms with van der Waals surface area (Å²) in [4.78, 5) is 2.33. The molecule has 2 aliphatic rings. The summed E-state index contributed by atoms with van der Waals surface area (Å²) in [7, 11) is 0. The summed E-state index contributed by atoms with van der Waals surface area (Å²) in [5, 5.41) is 0. The van der Waals surface area contributed by atoms with Gasteiger partial charge in [0.25, 0.3) is 0 Å². The second-order valence-corrected chi connectivity index (χ2v) is 4.82. The monoisotopic (exact) mass is 280 g/mol. The molecule has 0 unspecified atom stereocenters. The SMILES string of the molecule is NCc1cc2c(cc1OCCN1CCOCC1)OCO2. The van der Waals surface area contributed by atoms with Crippen molar-refractivity contribution in [3.05, 3.63) is 17.7 Å². The van der Waals surface area contributed by atoms with Gasteiger partial charge in [0, 0.05) is 37.8 Å². The molecule has 2 heterocycles. The average molecular weight is 280 g/mol. The van der Waals surface area contributed by atoms with Gasteiger partial charge in [-0.2, -0.15) is 0 Å². The van der Waals surface area contributed by atoms with Gasteiger partial charge in [-0.1, -0.05) is 0 Å². The minimum Gasteiger partial charge on any atom is -0.492 e. The Kier molecular flexibility index (Phi) is 4.25. The van der Waals surface area contributed by atoms with E-state index in [0.717, 1.165) is 55.7 Å². The minimum atomic E-state index is 0.260. The standard InChI is InChI=1S/C14H20N2O4/c15-9-11-7-13-14(20-10-19-13)8-12(11)18-6-3-16-1-4-17-5-2-16/h7-8H,1-6,9-10,15H2. The second-order valence-electron chi connectivity index (χ2n) is 4.82. The van der Waals surface area contributed by atoms with Crippen LogP contribution in [0.2, 0.25) is 0 Å². The molecule has 0 amide bonds. The maximum Gasteiger partial charge on any atom is 0.231 e. The highest BCUT2D eigenvalue weighted by Crippen LogP contribution is 2.37. The Hall–Kier alpha value is -1.50. The van der Waals surface area contributed by atoms with Crippen LogP contribution in [0.1, 0.15) is 5.56 Å². The highest BCUT2D eigenvalue weighted by atomic mass is 16.7. The van der Waals surface area contributed by atoms with E-state index in [4.69, 9.17) is 24.7 Å². The minimum absolute atomic E-state index is 0.260. The largest absolute Gasteiger partial charge is 0.492 e. The highest BCUT2D eigenvalue weighted by Gasteiger charge is 2.18. The third-order valence-electron chi connectivity index (χ3n) is 3.54. The van der Waals surface area contributed by atoms with Crippen molar-refractivity contribution in [2.75, 3.05) is 46.2 Å².